The van der Waals surface area contributed by atoms with Gasteiger partial charge in [0, 0.05) is 23.1 Å². The highest BCUT2D eigenvalue weighted by molar-refractivity contribution is 6.10. The predicted molar refractivity (Wildman–Crippen MR) is 89.2 cm³/mol. The zero-order valence-electron chi connectivity index (χ0n) is 13.2. The van der Waals surface area contributed by atoms with Crippen LogP contribution in [0.3, 0.4) is 0 Å². The number of hydrogen-bond donors (Lipinski definition) is 0. The van der Waals surface area contributed by atoms with Gasteiger partial charge >= 0.3 is 0 Å². The molecule has 0 aliphatic carbocycles. The van der Waals surface area contributed by atoms with Gasteiger partial charge in [-0.3, -0.25) is 9.48 Å². The summed E-state index contributed by atoms with van der Waals surface area (Å²) < 4.78 is 2.00. The second kappa shape index (κ2) is 5.76. The fourth-order valence-electron chi connectivity index (χ4n) is 2.59. The summed E-state index contributed by atoms with van der Waals surface area (Å²) in [6.45, 7) is 7.24. The van der Waals surface area contributed by atoms with Crippen molar-refractivity contribution < 1.29 is 4.79 Å². The standard InChI is InChI=1S/C19H20N2O/c1-13(2)12-21-18-9-8-16(10-17(18)11-20-21)19(22)15-6-4-14(3)5-7-15/h4-11,13H,12H2,1-3H3. The molecule has 1 aromatic heterocycles. The van der Waals surface area contributed by atoms with Crippen molar-refractivity contribution in [3.63, 3.8) is 0 Å². The summed E-state index contributed by atoms with van der Waals surface area (Å²) in [5.41, 5.74) is 3.66. The van der Waals surface area contributed by atoms with E-state index < -0.39 is 0 Å². The van der Waals surface area contributed by atoms with Crippen molar-refractivity contribution in [3.8, 4) is 0 Å². The Balaban J connectivity index is 1.95. The number of rotatable bonds is 4. The highest BCUT2D eigenvalue weighted by atomic mass is 16.1. The highest BCUT2D eigenvalue weighted by Gasteiger charge is 2.11. The molecule has 3 rings (SSSR count). The van der Waals surface area contributed by atoms with Gasteiger partial charge in [0.25, 0.3) is 0 Å². The molecule has 3 nitrogen and oxygen atoms in total. The predicted octanol–water partition coefficient (Wildman–Crippen LogP) is 4.23. The maximum atomic E-state index is 12.6. The largest absolute Gasteiger partial charge is 0.289 e. The molecule has 1 heterocycles. The Hall–Kier alpha value is -2.42. The third-order valence-corrected chi connectivity index (χ3v) is 3.76. The maximum Gasteiger partial charge on any atom is 0.193 e. The summed E-state index contributed by atoms with van der Waals surface area (Å²) in [6, 6.07) is 13.5. The number of hydrogen-bond acceptors (Lipinski definition) is 2. The fraction of sp³-hybridized carbons (Fsp3) is 0.263. The number of benzene rings is 2. The molecule has 0 unspecified atom stereocenters. The fourth-order valence-corrected chi connectivity index (χ4v) is 2.59. The molecule has 0 N–H and O–H groups in total. The summed E-state index contributed by atoms with van der Waals surface area (Å²) in [4.78, 5) is 12.6. The number of carbonyl (C=O) groups is 1. The smallest absolute Gasteiger partial charge is 0.193 e. The number of ketones is 1. The van der Waals surface area contributed by atoms with Crippen LogP contribution in [0, 0.1) is 12.8 Å². The number of carbonyl (C=O) groups excluding carboxylic acids is 1. The molecule has 0 amide bonds. The van der Waals surface area contributed by atoms with Gasteiger partial charge in [-0.15, -0.1) is 0 Å². The highest BCUT2D eigenvalue weighted by Crippen LogP contribution is 2.19. The first-order valence-corrected chi connectivity index (χ1v) is 7.61. The van der Waals surface area contributed by atoms with E-state index >= 15 is 0 Å². The Morgan fingerprint density at radius 2 is 1.77 bits per heavy atom. The van der Waals surface area contributed by atoms with Crippen LogP contribution >= 0.6 is 0 Å². The molecule has 112 valence electrons. The molecule has 0 saturated carbocycles. The first-order valence-electron chi connectivity index (χ1n) is 7.61. The minimum absolute atomic E-state index is 0.0542. The van der Waals surface area contributed by atoms with Crippen molar-refractivity contribution in [2.75, 3.05) is 0 Å². The lowest BCUT2D eigenvalue weighted by atomic mass is 10.0. The number of fused-ring (bicyclic) bond motifs is 1. The van der Waals surface area contributed by atoms with Gasteiger partial charge < -0.3 is 0 Å². The first kappa shape index (κ1) is 14.5. The molecule has 0 fully saturated rings. The first-order chi connectivity index (χ1) is 10.5. The zero-order chi connectivity index (χ0) is 15.7. The van der Waals surface area contributed by atoms with E-state index in [9.17, 15) is 4.79 Å². The molecule has 0 radical (unpaired) electrons. The summed E-state index contributed by atoms with van der Waals surface area (Å²) in [6.07, 6.45) is 1.84. The van der Waals surface area contributed by atoms with Gasteiger partial charge in [0.1, 0.15) is 0 Å². The molecule has 3 aromatic rings. The van der Waals surface area contributed by atoms with E-state index in [1.54, 1.807) is 0 Å². The Kier molecular flexibility index (Phi) is 3.80. The van der Waals surface area contributed by atoms with Crippen LogP contribution in [-0.2, 0) is 6.54 Å². The van der Waals surface area contributed by atoms with Gasteiger partial charge in [0.15, 0.2) is 5.78 Å². The minimum Gasteiger partial charge on any atom is -0.289 e. The van der Waals surface area contributed by atoms with E-state index in [-0.39, 0.29) is 5.78 Å². The van der Waals surface area contributed by atoms with E-state index in [2.05, 4.69) is 18.9 Å². The monoisotopic (exact) mass is 292 g/mol. The van der Waals surface area contributed by atoms with Crippen molar-refractivity contribution in [2.24, 2.45) is 5.92 Å². The minimum atomic E-state index is 0.0542. The normalized spacial score (nSPS) is 11.3. The van der Waals surface area contributed by atoms with Crippen LogP contribution in [0.1, 0.15) is 35.3 Å². The quantitative estimate of drug-likeness (QED) is 0.674. The van der Waals surface area contributed by atoms with Gasteiger partial charge in [-0.1, -0.05) is 43.7 Å². The van der Waals surface area contributed by atoms with Crippen molar-refractivity contribution in [3.05, 3.63) is 65.4 Å². The molecule has 0 aliphatic heterocycles. The van der Waals surface area contributed by atoms with Crippen LogP contribution in [0.15, 0.2) is 48.7 Å². The third kappa shape index (κ3) is 2.80. The van der Waals surface area contributed by atoms with Crippen LogP contribution < -0.4 is 0 Å². The van der Waals surface area contributed by atoms with Gasteiger partial charge in [0.2, 0.25) is 0 Å². The van der Waals surface area contributed by atoms with Crippen LogP contribution in [0.2, 0.25) is 0 Å². The molecule has 0 spiro atoms. The lowest BCUT2D eigenvalue weighted by Crippen LogP contribution is -2.06. The summed E-state index contributed by atoms with van der Waals surface area (Å²) >= 11 is 0. The van der Waals surface area contributed by atoms with E-state index in [1.165, 1.54) is 0 Å². The van der Waals surface area contributed by atoms with Crippen LogP contribution in [0.5, 0.6) is 0 Å². The van der Waals surface area contributed by atoms with Gasteiger partial charge in [0.05, 0.1) is 11.7 Å². The molecule has 22 heavy (non-hydrogen) atoms. The maximum absolute atomic E-state index is 12.6. The van der Waals surface area contributed by atoms with Crippen molar-refractivity contribution >= 4 is 16.7 Å². The SMILES string of the molecule is Cc1ccc(C(=O)c2ccc3c(cnn3CC(C)C)c2)cc1. The molecule has 3 heteroatoms. The Labute approximate surface area is 130 Å². The second-order valence-corrected chi connectivity index (χ2v) is 6.19. The lowest BCUT2D eigenvalue weighted by Gasteiger charge is -2.07. The zero-order valence-corrected chi connectivity index (χ0v) is 13.2. The summed E-state index contributed by atoms with van der Waals surface area (Å²) in [5, 5.41) is 5.44. The van der Waals surface area contributed by atoms with Crippen LogP contribution in [-0.4, -0.2) is 15.6 Å². The van der Waals surface area contributed by atoms with Gasteiger partial charge in [-0.2, -0.15) is 5.10 Å². The van der Waals surface area contributed by atoms with Crippen molar-refractivity contribution in [1.82, 2.24) is 9.78 Å². The third-order valence-electron chi connectivity index (χ3n) is 3.76. The molecule has 0 saturated heterocycles. The molecular weight excluding hydrogens is 272 g/mol. The van der Waals surface area contributed by atoms with E-state index in [0.717, 1.165) is 28.6 Å². The number of nitrogens with zero attached hydrogens (tertiary/aromatic N) is 2. The average Bonchev–Trinajstić information content (AvgIpc) is 2.89. The van der Waals surface area contributed by atoms with Gasteiger partial charge in [-0.25, -0.2) is 0 Å². The molecule has 2 aromatic carbocycles. The average molecular weight is 292 g/mol. The summed E-state index contributed by atoms with van der Waals surface area (Å²) in [7, 11) is 0. The van der Waals surface area contributed by atoms with E-state index in [1.807, 2.05) is 60.3 Å². The Morgan fingerprint density at radius 3 is 2.45 bits per heavy atom. The Bertz CT molecular complexity index is 813. The van der Waals surface area contributed by atoms with Crippen LogP contribution in [0.25, 0.3) is 10.9 Å². The van der Waals surface area contributed by atoms with Gasteiger partial charge in [-0.05, 0) is 31.0 Å². The molecule has 0 aliphatic rings. The van der Waals surface area contributed by atoms with Crippen molar-refractivity contribution in [1.29, 1.82) is 0 Å². The molecular formula is C19H20N2O. The molecule has 0 atom stereocenters. The number of aryl methyl sites for hydroxylation is 1. The summed E-state index contributed by atoms with van der Waals surface area (Å²) in [5.74, 6) is 0.593. The topological polar surface area (TPSA) is 34.9 Å². The second-order valence-electron chi connectivity index (χ2n) is 6.19. The van der Waals surface area contributed by atoms with Crippen LogP contribution in [0.4, 0.5) is 0 Å². The number of aromatic nitrogens is 2. The van der Waals surface area contributed by atoms with E-state index in [0.29, 0.717) is 11.5 Å². The molecule has 0 bridgehead atoms. The lowest BCUT2D eigenvalue weighted by molar-refractivity contribution is 0.103. The Morgan fingerprint density at radius 1 is 1.09 bits per heavy atom. The van der Waals surface area contributed by atoms with E-state index in [4.69, 9.17) is 0 Å². The van der Waals surface area contributed by atoms with Crippen molar-refractivity contribution in [2.45, 2.75) is 27.3 Å².